The zero-order valence-corrected chi connectivity index (χ0v) is 18.5. The average Bonchev–Trinajstić information content (AvgIpc) is 2.87. The maximum Gasteiger partial charge on any atom is 0.481 e. The Morgan fingerprint density at radius 1 is 0.931 bits per heavy atom. The minimum atomic E-state index is -3.79. The summed E-state index contributed by atoms with van der Waals surface area (Å²) in [6, 6.07) is 13.9. The number of hydrogen-bond donors (Lipinski definition) is 1. The van der Waals surface area contributed by atoms with E-state index >= 15 is 0 Å². The first-order valence-electron chi connectivity index (χ1n) is 9.54. The smallest absolute Gasteiger partial charge is 0.481 e. The zero-order valence-electron chi connectivity index (χ0n) is 17.7. The second-order valence-electron chi connectivity index (χ2n) is 8.31. The molecule has 1 aliphatic rings. The van der Waals surface area contributed by atoms with Gasteiger partial charge in [0.2, 0.25) is 10.0 Å². The number of sulfonamides is 1. The van der Waals surface area contributed by atoms with Gasteiger partial charge in [0.1, 0.15) is 5.75 Å². The highest BCUT2D eigenvalue weighted by molar-refractivity contribution is 7.89. The first-order chi connectivity index (χ1) is 13.4. The fraction of sp³-hybridized carbons (Fsp3) is 0.429. The lowest BCUT2D eigenvalue weighted by atomic mass is 9.75. The highest BCUT2D eigenvalue weighted by Crippen LogP contribution is 2.40. The molecule has 3 rings (SSSR count). The zero-order chi connectivity index (χ0) is 21.4. The highest BCUT2D eigenvalue weighted by atomic mass is 32.2. The van der Waals surface area contributed by atoms with Gasteiger partial charge in [-0.05, 0) is 64.4 Å². The molecule has 6 nitrogen and oxygen atoms in total. The Morgan fingerprint density at radius 3 is 1.93 bits per heavy atom. The number of nitrogens with one attached hydrogen (secondary N) is 1. The predicted octanol–water partition coefficient (Wildman–Crippen LogP) is 3.65. The van der Waals surface area contributed by atoms with E-state index in [-0.39, 0.29) is 4.90 Å². The molecule has 2 aromatic carbocycles. The second-order valence-corrected chi connectivity index (χ2v) is 10.0. The topological polar surface area (TPSA) is 73.9 Å². The molecular formula is C21H28BNO5S. The van der Waals surface area contributed by atoms with Crippen LogP contribution in [0.2, 0.25) is 0 Å². The number of hydrogen-bond acceptors (Lipinski definition) is 5. The Labute approximate surface area is 173 Å². The van der Waals surface area contributed by atoms with Crippen LogP contribution in [0.4, 0.5) is 0 Å². The SMILES string of the molecule is COc1ccc([C@H](NS(=O)(=O)c2ccc(C)cc2)B2OC(C)(C)C(C)(C)O2)cc1. The lowest BCUT2D eigenvalue weighted by Crippen LogP contribution is -2.41. The molecular weight excluding hydrogens is 389 g/mol. The van der Waals surface area contributed by atoms with Crippen molar-refractivity contribution in [2.45, 2.75) is 56.7 Å². The van der Waals surface area contributed by atoms with Crippen LogP contribution in [0.5, 0.6) is 5.75 Å². The van der Waals surface area contributed by atoms with Crippen molar-refractivity contribution in [1.82, 2.24) is 4.72 Å². The molecule has 1 saturated heterocycles. The fourth-order valence-electron chi connectivity index (χ4n) is 3.07. The standard InChI is InChI=1S/C21H28BNO5S/c1-15-7-13-18(14-8-15)29(24,25)23-19(16-9-11-17(26-6)12-10-16)22-27-20(2,3)21(4,5)28-22/h7-14,19,23H,1-6H3/t19-/m0/s1. The van der Waals surface area contributed by atoms with Crippen LogP contribution in [0.15, 0.2) is 53.4 Å². The Hall–Kier alpha value is -1.87. The monoisotopic (exact) mass is 417 g/mol. The Balaban J connectivity index is 1.98. The molecule has 1 aliphatic heterocycles. The van der Waals surface area contributed by atoms with Gasteiger partial charge in [-0.25, -0.2) is 13.1 Å². The van der Waals surface area contributed by atoms with Gasteiger partial charge in [0, 0.05) is 0 Å². The van der Waals surface area contributed by atoms with Crippen molar-refractivity contribution in [3.8, 4) is 5.75 Å². The van der Waals surface area contributed by atoms with Gasteiger partial charge < -0.3 is 14.0 Å². The van der Waals surface area contributed by atoms with Gasteiger partial charge in [0.15, 0.2) is 0 Å². The van der Waals surface area contributed by atoms with Crippen LogP contribution in [0.25, 0.3) is 0 Å². The van der Waals surface area contributed by atoms with Crippen molar-refractivity contribution in [3.63, 3.8) is 0 Å². The minimum Gasteiger partial charge on any atom is -0.497 e. The van der Waals surface area contributed by atoms with E-state index in [1.54, 1.807) is 43.5 Å². The summed E-state index contributed by atoms with van der Waals surface area (Å²) in [6.07, 6.45) is 0. The van der Waals surface area contributed by atoms with Crippen LogP contribution in [-0.4, -0.2) is 33.8 Å². The molecule has 1 fully saturated rings. The first kappa shape index (κ1) is 21.8. The Bertz CT molecular complexity index is 940. The molecule has 29 heavy (non-hydrogen) atoms. The molecule has 1 atom stereocenters. The molecule has 0 aromatic heterocycles. The number of ether oxygens (including phenoxy) is 1. The third-order valence-corrected chi connectivity index (χ3v) is 7.09. The summed E-state index contributed by atoms with van der Waals surface area (Å²) in [6.45, 7) is 9.66. The molecule has 1 N–H and O–H groups in total. The number of benzene rings is 2. The number of aryl methyl sites for hydroxylation is 1. The van der Waals surface area contributed by atoms with E-state index in [2.05, 4.69) is 4.72 Å². The Morgan fingerprint density at radius 2 is 1.45 bits per heavy atom. The lowest BCUT2D eigenvalue weighted by molar-refractivity contribution is 0.00578. The summed E-state index contributed by atoms with van der Waals surface area (Å²) >= 11 is 0. The van der Waals surface area contributed by atoms with E-state index in [0.29, 0.717) is 5.75 Å². The van der Waals surface area contributed by atoms with Crippen LogP contribution >= 0.6 is 0 Å². The summed E-state index contributed by atoms with van der Waals surface area (Å²) < 4.78 is 46.5. The molecule has 1 heterocycles. The number of rotatable bonds is 6. The molecule has 0 radical (unpaired) electrons. The van der Waals surface area contributed by atoms with Gasteiger partial charge in [-0.2, -0.15) is 0 Å². The van der Waals surface area contributed by atoms with Gasteiger partial charge in [0.25, 0.3) is 0 Å². The maximum atomic E-state index is 13.1. The van der Waals surface area contributed by atoms with E-state index in [4.69, 9.17) is 14.0 Å². The van der Waals surface area contributed by atoms with Crippen molar-refractivity contribution in [3.05, 3.63) is 59.7 Å². The quantitative estimate of drug-likeness (QED) is 0.727. The van der Waals surface area contributed by atoms with E-state index < -0.39 is 34.3 Å². The van der Waals surface area contributed by atoms with Crippen LogP contribution in [0.1, 0.15) is 44.8 Å². The van der Waals surface area contributed by atoms with Gasteiger partial charge in [-0.3, -0.25) is 0 Å². The molecule has 2 aromatic rings. The van der Waals surface area contributed by atoms with Crippen LogP contribution < -0.4 is 9.46 Å². The van der Waals surface area contributed by atoms with Crippen molar-refractivity contribution in [2.24, 2.45) is 0 Å². The largest absolute Gasteiger partial charge is 0.497 e. The summed E-state index contributed by atoms with van der Waals surface area (Å²) in [5.41, 5.74) is 0.539. The number of methoxy groups -OCH3 is 1. The molecule has 0 aliphatic carbocycles. The van der Waals surface area contributed by atoms with Gasteiger partial charge in [0.05, 0.1) is 29.1 Å². The van der Waals surface area contributed by atoms with E-state index in [0.717, 1.165) is 11.1 Å². The van der Waals surface area contributed by atoms with Crippen molar-refractivity contribution < 1.29 is 22.5 Å². The molecule has 8 heteroatoms. The highest BCUT2D eigenvalue weighted by Gasteiger charge is 2.54. The average molecular weight is 417 g/mol. The third kappa shape index (κ3) is 4.50. The fourth-order valence-corrected chi connectivity index (χ4v) is 4.28. The lowest BCUT2D eigenvalue weighted by Gasteiger charge is -2.32. The normalized spacial score (nSPS) is 19.2. The predicted molar refractivity (Wildman–Crippen MR) is 113 cm³/mol. The molecule has 0 bridgehead atoms. The third-order valence-electron chi connectivity index (χ3n) is 5.63. The molecule has 0 spiro atoms. The van der Waals surface area contributed by atoms with E-state index in [1.165, 1.54) is 0 Å². The van der Waals surface area contributed by atoms with E-state index in [9.17, 15) is 8.42 Å². The maximum absolute atomic E-state index is 13.1. The first-order valence-corrected chi connectivity index (χ1v) is 11.0. The summed E-state index contributed by atoms with van der Waals surface area (Å²) in [5.74, 6) is -0.0453. The molecule has 0 amide bonds. The van der Waals surface area contributed by atoms with Crippen molar-refractivity contribution in [2.75, 3.05) is 7.11 Å². The summed E-state index contributed by atoms with van der Waals surface area (Å²) in [5, 5.41) is 0. The van der Waals surface area contributed by atoms with Crippen LogP contribution in [0, 0.1) is 6.92 Å². The minimum absolute atomic E-state index is 0.193. The molecule has 0 saturated carbocycles. The van der Waals surface area contributed by atoms with Gasteiger partial charge in [-0.1, -0.05) is 29.8 Å². The second kappa shape index (κ2) is 7.76. The summed E-state index contributed by atoms with van der Waals surface area (Å²) in [7, 11) is -2.99. The summed E-state index contributed by atoms with van der Waals surface area (Å²) in [4.78, 5) is 0.193. The van der Waals surface area contributed by atoms with Crippen LogP contribution in [0.3, 0.4) is 0 Å². The van der Waals surface area contributed by atoms with Gasteiger partial charge >= 0.3 is 7.12 Å². The van der Waals surface area contributed by atoms with Crippen molar-refractivity contribution in [1.29, 1.82) is 0 Å². The molecule has 0 unspecified atom stereocenters. The van der Waals surface area contributed by atoms with Gasteiger partial charge in [-0.15, -0.1) is 0 Å². The molecule has 156 valence electrons. The Kier molecular flexibility index (Phi) is 5.84. The van der Waals surface area contributed by atoms with Crippen molar-refractivity contribution >= 4 is 17.1 Å². The van der Waals surface area contributed by atoms with Crippen LogP contribution in [-0.2, 0) is 19.3 Å². The van der Waals surface area contributed by atoms with E-state index in [1.807, 2.05) is 46.8 Å².